The van der Waals surface area contributed by atoms with E-state index in [-0.39, 0.29) is 25.3 Å². The number of alkyl carbamates (subject to hydrolysis) is 1. The van der Waals surface area contributed by atoms with Crippen LogP contribution in [0, 0.1) is 5.92 Å². The summed E-state index contributed by atoms with van der Waals surface area (Å²) in [6, 6.07) is 6.49. The van der Waals surface area contributed by atoms with E-state index in [2.05, 4.69) is 5.32 Å². The first-order chi connectivity index (χ1) is 14.0. The molecular formula is C21H28ClNO6. The van der Waals surface area contributed by atoms with Crippen molar-refractivity contribution in [1.29, 1.82) is 0 Å². The van der Waals surface area contributed by atoms with Crippen LogP contribution in [0.25, 0.3) is 0 Å². The average molecular weight is 426 g/mol. The number of carbonyl (C=O) groups is 3. The molecule has 0 aliphatic heterocycles. The van der Waals surface area contributed by atoms with Gasteiger partial charge >= 0.3 is 18.0 Å². The number of ether oxygens (including phenoxy) is 3. The lowest BCUT2D eigenvalue weighted by atomic mass is 9.89. The maximum Gasteiger partial charge on any atom is 0.410 e. The molecule has 1 aliphatic carbocycles. The van der Waals surface area contributed by atoms with Crippen LogP contribution in [0.2, 0.25) is 5.02 Å². The van der Waals surface area contributed by atoms with Crippen LogP contribution in [-0.4, -0.2) is 30.9 Å². The number of esters is 2. The molecule has 1 aliphatic rings. The first-order valence-corrected chi connectivity index (χ1v) is 10.5. The Morgan fingerprint density at radius 2 is 1.76 bits per heavy atom. The second kappa shape index (κ2) is 12.3. The molecule has 0 radical (unpaired) electrons. The number of halogens is 1. The first-order valence-electron chi connectivity index (χ1n) is 10.1. The SMILES string of the molecule is CCC(=O)OC(OC(=O)NCCCC(=O)Oc1ccc(Cl)cc1)C1CCCCC1. The molecule has 7 nitrogen and oxygen atoms in total. The minimum atomic E-state index is -0.863. The number of nitrogens with one attached hydrogen (secondary N) is 1. The van der Waals surface area contributed by atoms with Gasteiger partial charge in [0.15, 0.2) is 0 Å². The molecule has 1 aromatic carbocycles. The van der Waals surface area contributed by atoms with Crippen molar-refractivity contribution in [2.75, 3.05) is 6.54 Å². The van der Waals surface area contributed by atoms with Crippen LogP contribution in [0.1, 0.15) is 58.3 Å². The summed E-state index contributed by atoms with van der Waals surface area (Å²) in [7, 11) is 0. The molecule has 29 heavy (non-hydrogen) atoms. The third kappa shape index (κ3) is 8.73. The summed E-state index contributed by atoms with van der Waals surface area (Å²) in [6.45, 7) is 1.94. The number of carbonyl (C=O) groups excluding carboxylic acids is 3. The van der Waals surface area contributed by atoms with Gasteiger partial charge in [-0.3, -0.25) is 9.59 Å². The van der Waals surface area contributed by atoms with Crippen molar-refractivity contribution in [2.45, 2.75) is 64.6 Å². The van der Waals surface area contributed by atoms with E-state index in [0.29, 0.717) is 17.2 Å². The van der Waals surface area contributed by atoms with E-state index < -0.39 is 24.3 Å². The van der Waals surface area contributed by atoms with Crippen molar-refractivity contribution in [3.8, 4) is 5.75 Å². The Hall–Kier alpha value is -2.28. The fourth-order valence-electron chi connectivity index (χ4n) is 3.09. The highest BCUT2D eigenvalue weighted by atomic mass is 35.5. The summed E-state index contributed by atoms with van der Waals surface area (Å²) >= 11 is 5.78. The van der Waals surface area contributed by atoms with Gasteiger partial charge in [0.1, 0.15) is 5.75 Å². The van der Waals surface area contributed by atoms with Gasteiger partial charge in [-0.25, -0.2) is 4.79 Å². The Labute approximate surface area is 176 Å². The number of amides is 1. The standard InChI is InChI=1S/C21H28ClNO6/c1-2-18(24)28-20(15-7-4-3-5-8-15)29-21(26)23-14-6-9-19(25)27-17-12-10-16(22)11-13-17/h10-13,15,20H,2-9,14H2,1H3,(H,23,26). The van der Waals surface area contributed by atoms with Gasteiger partial charge in [-0.1, -0.05) is 37.8 Å². The monoisotopic (exact) mass is 425 g/mol. The van der Waals surface area contributed by atoms with E-state index in [1.54, 1.807) is 31.2 Å². The molecule has 1 aromatic rings. The van der Waals surface area contributed by atoms with Gasteiger partial charge in [0, 0.05) is 30.3 Å². The lowest BCUT2D eigenvalue weighted by molar-refractivity contribution is -0.178. The predicted octanol–water partition coefficient (Wildman–Crippen LogP) is 4.61. The molecule has 1 amide bonds. The summed E-state index contributed by atoms with van der Waals surface area (Å²) < 4.78 is 15.9. The van der Waals surface area contributed by atoms with Crippen LogP contribution in [0.15, 0.2) is 24.3 Å². The van der Waals surface area contributed by atoms with Gasteiger partial charge in [0.05, 0.1) is 0 Å². The van der Waals surface area contributed by atoms with Crippen LogP contribution in [-0.2, 0) is 19.1 Å². The molecule has 1 atom stereocenters. The molecule has 0 bridgehead atoms. The lowest BCUT2D eigenvalue weighted by Gasteiger charge is -2.29. The molecule has 0 saturated heterocycles. The quantitative estimate of drug-likeness (QED) is 0.269. The van der Waals surface area contributed by atoms with Gasteiger partial charge in [-0.15, -0.1) is 0 Å². The molecule has 8 heteroatoms. The zero-order valence-corrected chi connectivity index (χ0v) is 17.4. The average Bonchev–Trinajstić information content (AvgIpc) is 2.73. The largest absolute Gasteiger partial charge is 0.427 e. The molecule has 160 valence electrons. The van der Waals surface area contributed by atoms with E-state index in [0.717, 1.165) is 32.1 Å². The summed E-state index contributed by atoms with van der Waals surface area (Å²) in [4.78, 5) is 35.6. The van der Waals surface area contributed by atoms with Crippen LogP contribution >= 0.6 is 11.6 Å². The third-order valence-corrected chi connectivity index (χ3v) is 4.92. The van der Waals surface area contributed by atoms with Crippen molar-refractivity contribution in [2.24, 2.45) is 5.92 Å². The summed E-state index contributed by atoms with van der Waals surface area (Å²) in [6.07, 6.45) is 4.18. The molecule has 0 aromatic heterocycles. The van der Waals surface area contributed by atoms with Crippen molar-refractivity contribution < 1.29 is 28.6 Å². The lowest BCUT2D eigenvalue weighted by Crippen LogP contribution is -2.37. The maximum absolute atomic E-state index is 12.1. The van der Waals surface area contributed by atoms with E-state index in [9.17, 15) is 14.4 Å². The van der Waals surface area contributed by atoms with E-state index in [1.165, 1.54) is 0 Å². The maximum atomic E-state index is 12.1. The molecule has 2 rings (SSSR count). The number of rotatable bonds is 9. The van der Waals surface area contributed by atoms with Gasteiger partial charge in [0.25, 0.3) is 6.29 Å². The summed E-state index contributed by atoms with van der Waals surface area (Å²) in [5.74, 6) is -0.350. The zero-order valence-electron chi connectivity index (χ0n) is 16.7. The van der Waals surface area contributed by atoms with Gasteiger partial charge in [0.2, 0.25) is 0 Å². The van der Waals surface area contributed by atoms with Crippen molar-refractivity contribution in [3.05, 3.63) is 29.3 Å². The minimum absolute atomic E-state index is 0.0272. The highest BCUT2D eigenvalue weighted by molar-refractivity contribution is 6.30. The topological polar surface area (TPSA) is 90.9 Å². The van der Waals surface area contributed by atoms with E-state index in [1.807, 2.05) is 0 Å². The Morgan fingerprint density at radius 1 is 1.07 bits per heavy atom. The van der Waals surface area contributed by atoms with Gasteiger partial charge < -0.3 is 19.5 Å². The zero-order chi connectivity index (χ0) is 21.1. The summed E-state index contributed by atoms with van der Waals surface area (Å²) in [5.41, 5.74) is 0. The molecule has 1 fully saturated rings. The van der Waals surface area contributed by atoms with Crippen LogP contribution < -0.4 is 10.1 Å². The van der Waals surface area contributed by atoms with E-state index in [4.69, 9.17) is 25.8 Å². The number of hydrogen-bond acceptors (Lipinski definition) is 6. The Balaban J connectivity index is 1.70. The molecule has 1 saturated carbocycles. The predicted molar refractivity (Wildman–Crippen MR) is 108 cm³/mol. The highest BCUT2D eigenvalue weighted by Gasteiger charge is 2.29. The Kier molecular flexibility index (Phi) is 9.77. The van der Waals surface area contributed by atoms with Crippen LogP contribution in [0.3, 0.4) is 0 Å². The van der Waals surface area contributed by atoms with Gasteiger partial charge in [-0.05, 0) is 43.5 Å². The molecule has 0 heterocycles. The van der Waals surface area contributed by atoms with E-state index >= 15 is 0 Å². The number of hydrogen-bond donors (Lipinski definition) is 1. The second-order valence-corrected chi connectivity index (χ2v) is 7.41. The first kappa shape index (κ1) is 23.0. The minimum Gasteiger partial charge on any atom is -0.427 e. The Bertz CT molecular complexity index is 672. The highest BCUT2D eigenvalue weighted by Crippen LogP contribution is 2.29. The summed E-state index contributed by atoms with van der Waals surface area (Å²) in [5, 5.41) is 3.15. The Morgan fingerprint density at radius 3 is 2.41 bits per heavy atom. The molecular weight excluding hydrogens is 398 g/mol. The van der Waals surface area contributed by atoms with Crippen LogP contribution in [0.5, 0.6) is 5.75 Å². The smallest absolute Gasteiger partial charge is 0.410 e. The van der Waals surface area contributed by atoms with Crippen molar-refractivity contribution in [1.82, 2.24) is 5.32 Å². The van der Waals surface area contributed by atoms with Crippen molar-refractivity contribution >= 4 is 29.6 Å². The van der Waals surface area contributed by atoms with Crippen molar-refractivity contribution in [3.63, 3.8) is 0 Å². The normalized spacial score (nSPS) is 15.2. The second-order valence-electron chi connectivity index (χ2n) is 6.97. The fourth-order valence-corrected chi connectivity index (χ4v) is 3.22. The third-order valence-electron chi connectivity index (χ3n) is 4.67. The fraction of sp³-hybridized carbons (Fsp3) is 0.571. The molecule has 0 spiro atoms. The van der Waals surface area contributed by atoms with Gasteiger partial charge in [-0.2, -0.15) is 0 Å². The number of benzene rings is 1. The molecule has 1 unspecified atom stereocenters. The van der Waals surface area contributed by atoms with Crippen LogP contribution in [0.4, 0.5) is 4.79 Å². The molecule has 1 N–H and O–H groups in total.